The van der Waals surface area contributed by atoms with E-state index >= 15 is 0 Å². The van der Waals surface area contributed by atoms with Gasteiger partial charge in [0.25, 0.3) is 0 Å². The van der Waals surface area contributed by atoms with Gasteiger partial charge in [-0.1, -0.05) is 25.1 Å². The van der Waals surface area contributed by atoms with Crippen LogP contribution >= 0.6 is 0 Å². The molecule has 19 heavy (non-hydrogen) atoms. The van der Waals surface area contributed by atoms with E-state index in [0.717, 1.165) is 31.7 Å². The van der Waals surface area contributed by atoms with Crippen LogP contribution in [0.2, 0.25) is 0 Å². The molecule has 4 heteroatoms. The van der Waals surface area contributed by atoms with Gasteiger partial charge in [-0.15, -0.1) is 0 Å². The summed E-state index contributed by atoms with van der Waals surface area (Å²) in [5.41, 5.74) is 7.11. The monoisotopic (exact) mass is 261 g/mol. The van der Waals surface area contributed by atoms with Gasteiger partial charge in [-0.25, -0.2) is 0 Å². The standard InChI is InChI=1S/C15H23N3O/c1-2-18(13-7-5-9-17-10-13)11-12-6-3-4-8-14(12)15(16)19/h3-4,6,8,13,17H,2,5,7,9-11H2,1H3,(H2,16,19). The van der Waals surface area contributed by atoms with Gasteiger partial charge in [-0.2, -0.15) is 0 Å². The van der Waals surface area contributed by atoms with Crippen LogP contribution in [-0.4, -0.2) is 36.5 Å². The van der Waals surface area contributed by atoms with Crippen molar-refractivity contribution in [3.63, 3.8) is 0 Å². The van der Waals surface area contributed by atoms with Crippen molar-refractivity contribution in [3.05, 3.63) is 35.4 Å². The third kappa shape index (κ3) is 3.55. The zero-order chi connectivity index (χ0) is 13.7. The minimum absolute atomic E-state index is 0.339. The highest BCUT2D eigenvalue weighted by atomic mass is 16.1. The first-order chi connectivity index (χ1) is 9.22. The number of nitrogens with zero attached hydrogens (tertiary/aromatic N) is 1. The maximum atomic E-state index is 11.5. The summed E-state index contributed by atoms with van der Waals surface area (Å²) >= 11 is 0. The number of carbonyl (C=O) groups excluding carboxylic acids is 1. The smallest absolute Gasteiger partial charge is 0.249 e. The van der Waals surface area contributed by atoms with Crippen LogP contribution in [0.1, 0.15) is 35.7 Å². The SMILES string of the molecule is CCN(Cc1ccccc1C(N)=O)C1CCCNC1. The Bertz CT molecular complexity index is 427. The fraction of sp³-hybridized carbons (Fsp3) is 0.533. The van der Waals surface area contributed by atoms with Gasteiger partial charge in [-0.3, -0.25) is 9.69 Å². The Balaban J connectivity index is 2.11. The zero-order valence-electron chi connectivity index (χ0n) is 11.6. The van der Waals surface area contributed by atoms with Crippen LogP contribution in [0, 0.1) is 0 Å². The molecule has 1 aromatic carbocycles. The van der Waals surface area contributed by atoms with Gasteiger partial charge in [-0.05, 0) is 37.6 Å². The molecule has 1 aliphatic rings. The average molecular weight is 261 g/mol. The molecule has 1 aliphatic heterocycles. The molecule has 1 fully saturated rings. The van der Waals surface area contributed by atoms with E-state index in [0.29, 0.717) is 11.6 Å². The molecule has 1 atom stereocenters. The number of nitrogens with one attached hydrogen (secondary N) is 1. The molecule has 3 N–H and O–H groups in total. The number of primary amides is 1. The summed E-state index contributed by atoms with van der Waals surface area (Å²) < 4.78 is 0. The van der Waals surface area contributed by atoms with Gasteiger partial charge < -0.3 is 11.1 Å². The van der Waals surface area contributed by atoms with Crippen LogP contribution in [0.15, 0.2) is 24.3 Å². The Morgan fingerprint density at radius 2 is 2.26 bits per heavy atom. The van der Waals surface area contributed by atoms with Crippen LogP contribution in [0.4, 0.5) is 0 Å². The first kappa shape index (κ1) is 14.0. The van der Waals surface area contributed by atoms with Gasteiger partial charge >= 0.3 is 0 Å². The van der Waals surface area contributed by atoms with Crippen molar-refractivity contribution in [3.8, 4) is 0 Å². The van der Waals surface area contributed by atoms with Crippen molar-refractivity contribution in [1.29, 1.82) is 0 Å². The number of rotatable bonds is 5. The highest BCUT2D eigenvalue weighted by Crippen LogP contribution is 2.16. The number of likely N-dealkylation sites (N-methyl/N-ethyl adjacent to an activating group) is 1. The summed E-state index contributed by atoms with van der Waals surface area (Å²) in [6, 6.07) is 8.19. The zero-order valence-corrected chi connectivity index (χ0v) is 11.6. The number of hydrogen-bond donors (Lipinski definition) is 2. The summed E-state index contributed by atoms with van der Waals surface area (Å²) in [6.07, 6.45) is 2.44. The largest absolute Gasteiger partial charge is 0.366 e. The average Bonchev–Trinajstić information content (AvgIpc) is 2.46. The molecule has 4 nitrogen and oxygen atoms in total. The second kappa shape index (κ2) is 6.68. The Labute approximate surface area is 115 Å². The van der Waals surface area contributed by atoms with Crippen LogP contribution in [0.5, 0.6) is 0 Å². The fourth-order valence-electron chi connectivity index (χ4n) is 2.76. The van der Waals surface area contributed by atoms with Crippen LogP contribution in [0.25, 0.3) is 0 Å². The summed E-state index contributed by atoms with van der Waals surface area (Å²) in [5.74, 6) is -0.339. The highest BCUT2D eigenvalue weighted by molar-refractivity contribution is 5.94. The molecule has 2 rings (SSSR count). The second-order valence-electron chi connectivity index (χ2n) is 5.08. The lowest BCUT2D eigenvalue weighted by atomic mass is 10.0. The maximum Gasteiger partial charge on any atom is 0.249 e. The minimum Gasteiger partial charge on any atom is -0.366 e. The molecule has 1 aromatic rings. The molecule has 1 unspecified atom stereocenters. The molecular weight excluding hydrogens is 238 g/mol. The van der Waals surface area contributed by atoms with Crippen molar-refractivity contribution < 1.29 is 4.79 Å². The van der Waals surface area contributed by atoms with Crippen molar-refractivity contribution >= 4 is 5.91 Å². The van der Waals surface area contributed by atoms with Gasteiger partial charge in [0.15, 0.2) is 0 Å². The third-order valence-electron chi connectivity index (χ3n) is 3.85. The lowest BCUT2D eigenvalue weighted by Gasteiger charge is -2.34. The summed E-state index contributed by atoms with van der Waals surface area (Å²) in [5, 5.41) is 3.44. The summed E-state index contributed by atoms with van der Waals surface area (Å²) in [6.45, 7) is 6.10. The van der Waals surface area contributed by atoms with Gasteiger partial charge in [0.05, 0.1) is 0 Å². The van der Waals surface area contributed by atoms with Crippen LogP contribution in [0.3, 0.4) is 0 Å². The summed E-state index contributed by atoms with van der Waals surface area (Å²) in [7, 11) is 0. The molecule has 1 amide bonds. The third-order valence-corrected chi connectivity index (χ3v) is 3.85. The first-order valence-electron chi connectivity index (χ1n) is 7.05. The minimum atomic E-state index is -0.339. The molecular formula is C15H23N3O. The second-order valence-corrected chi connectivity index (χ2v) is 5.08. The van der Waals surface area contributed by atoms with Crippen LogP contribution in [-0.2, 0) is 6.54 Å². The Kier molecular flexibility index (Phi) is 4.93. The molecule has 0 aromatic heterocycles. The van der Waals surface area contributed by atoms with E-state index in [4.69, 9.17) is 5.73 Å². The predicted molar refractivity (Wildman–Crippen MR) is 76.9 cm³/mol. The normalized spacial score (nSPS) is 19.6. The van der Waals surface area contributed by atoms with E-state index < -0.39 is 0 Å². The maximum absolute atomic E-state index is 11.5. The topological polar surface area (TPSA) is 58.4 Å². The van der Waals surface area contributed by atoms with Crippen molar-refractivity contribution in [1.82, 2.24) is 10.2 Å². The highest BCUT2D eigenvalue weighted by Gasteiger charge is 2.20. The van der Waals surface area contributed by atoms with E-state index in [-0.39, 0.29) is 5.91 Å². The molecule has 104 valence electrons. The molecule has 1 heterocycles. The Morgan fingerprint density at radius 3 is 2.89 bits per heavy atom. The molecule has 0 aliphatic carbocycles. The number of amides is 1. The van der Waals surface area contributed by atoms with Gasteiger partial charge in [0.2, 0.25) is 5.91 Å². The number of piperidine rings is 1. The van der Waals surface area contributed by atoms with E-state index in [1.807, 2.05) is 24.3 Å². The number of nitrogens with two attached hydrogens (primary N) is 1. The lowest BCUT2D eigenvalue weighted by molar-refractivity contribution is 0.0996. The summed E-state index contributed by atoms with van der Waals surface area (Å²) in [4.78, 5) is 13.9. The van der Waals surface area contributed by atoms with E-state index in [1.54, 1.807) is 0 Å². The number of benzene rings is 1. The van der Waals surface area contributed by atoms with Crippen molar-refractivity contribution in [2.75, 3.05) is 19.6 Å². The van der Waals surface area contributed by atoms with Gasteiger partial charge in [0, 0.05) is 24.7 Å². The van der Waals surface area contributed by atoms with Crippen LogP contribution < -0.4 is 11.1 Å². The Hall–Kier alpha value is -1.39. The fourth-order valence-corrected chi connectivity index (χ4v) is 2.76. The molecule has 0 radical (unpaired) electrons. The van der Waals surface area contributed by atoms with Gasteiger partial charge in [0.1, 0.15) is 0 Å². The molecule has 0 bridgehead atoms. The number of hydrogen-bond acceptors (Lipinski definition) is 3. The lowest BCUT2D eigenvalue weighted by Crippen LogP contribution is -2.45. The molecule has 0 saturated carbocycles. The Morgan fingerprint density at radius 1 is 1.47 bits per heavy atom. The van der Waals surface area contributed by atoms with E-state index in [9.17, 15) is 4.79 Å². The van der Waals surface area contributed by atoms with Crippen molar-refractivity contribution in [2.45, 2.75) is 32.4 Å². The van der Waals surface area contributed by atoms with E-state index in [1.165, 1.54) is 12.8 Å². The molecule has 0 spiro atoms. The molecule has 1 saturated heterocycles. The van der Waals surface area contributed by atoms with E-state index in [2.05, 4.69) is 17.1 Å². The first-order valence-corrected chi connectivity index (χ1v) is 7.05. The quantitative estimate of drug-likeness (QED) is 0.841. The predicted octanol–water partition coefficient (Wildman–Crippen LogP) is 1.36. The van der Waals surface area contributed by atoms with Crippen molar-refractivity contribution in [2.24, 2.45) is 5.73 Å². The number of carbonyl (C=O) groups is 1.